The summed E-state index contributed by atoms with van der Waals surface area (Å²) in [6.45, 7) is 5.00. The number of hydrogen-bond donors (Lipinski definition) is 2. The number of nitrogens with zero attached hydrogens (tertiary/aromatic N) is 2. The zero-order valence-corrected chi connectivity index (χ0v) is 11.2. The molecule has 1 aromatic carbocycles. The highest BCUT2D eigenvalue weighted by Gasteiger charge is 2.13. The van der Waals surface area contributed by atoms with Gasteiger partial charge in [-0.1, -0.05) is 12.1 Å². The zero-order valence-electron chi connectivity index (χ0n) is 11.2. The Balaban J connectivity index is 2.15. The van der Waals surface area contributed by atoms with Crippen LogP contribution in [0.25, 0.3) is 0 Å². The number of benzene rings is 1. The van der Waals surface area contributed by atoms with Gasteiger partial charge < -0.3 is 11.1 Å². The van der Waals surface area contributed by atoms with E-state index in [2.05, 4.69) is 10.4 Å². The summed E-state index contributed by atoms with van der Waals surface area (Å²) in [4.78, 5) is 12.2. The van der Waals surface area contributed by atoms with Crippen LogP contribution in [0.2, 0.25) is 0 Å². The molecule has 0 aliphatic rings. The highest BCUT2D eigenvalue weighted by Crippen LogP contribution is 2.12. The van der Waals surface area contributed by atoms with Crippen LogP contribution in [0.5, 0.6) is 0 Å². The molecule has 1 amide bonds. The summed E-state index contributed by atoms with van der Waals surface area (Å²) in [6, 6.07) is 9.28. The number of nitrogens with two attached hydrogens (primary N) is 1. The van der Waals surface area contributed by atoms with Gasteiger partial charge in [-0.05, 0) is 37.6 Å². The molecule has 0 fully saturated rings. The molecular formula is C14H18N4O. The predicted molar refractivity (Wildman–Crippen MR) is 74.9 cm³/mol. The molecule has 0 aliphatic carbocycles. The Morgan fingerprint density at radius 1 is 1.37 bits per heavy atom. The van der Waals surface area contributed by atoms with Crippen molar-refractivity contribution in [1.82, 2.24) is 9.78 Å². The van der Waals surface area contributed by atoms with E-state index in [9.17, 15) is 4.79 Å². The minimum atomic E-state index is -0.150. The summed E-state index contributed by atoms with van der Waals surface area (Å²) in [7, 11) is 0. The van der Waals surface area contributed by atoms with Gasteiger partial charge in [0, 0.05) is 18.8 Å². The van der Waals surface area contributed by atoms with Crippen molar-refractivity contribution in [2.24, 2.45) is 5.73 Å². The molecule has 19 heavy (non-hydrogen) atoms. The maximum atomic E-state index is 12.2. The van der Waals surface area contributed by atoms with Crippen molar-refractivity contribution in [3.8, 4) is 0 Å². The average Bonchev–Trinajstić information content (AvgIpc) is 2.81. The first kappa shape index (κ1) is 13.3. The fraction of sp³-hybridized carbons (Fsp3) is 0.286. The van der Waals surface area contributed by atoms with E-state index in [-0.39, 0.29) is 5.91 Å². The molecule has 100 valence electrons. The molecule has 3 N–H and O–H groups in total. The molecule has 0 saturated carbocycles. The normalized spacial score (nSPS) is 10.5. The Morgan fingerprint density at radius 3 is 2.63 bits per heavy atom. The van der Waals surface area contributed by atoms with Crippen molar-refractivity contribution in [2.75, 3.05) is 5.32 Å². The molecule has 0 spiro atoms. The molecule has 0 saturated heterocycles. The number of rotatable bonds is 4. The van der Waals surface area contributed by atoms with Gasteiger partial charge >= 0.3 is 0 Å². The number of carbonyl (C=O) groups is 1. The Morgan fingerprint density at radius 2 is 2.05 bits per heavy atom. The summed E-state index contributed by atoms with van der Waals surface area (Å²) in [5.41, 5.74) is 8.73. The van der Waals surface area contributed by atoms with E-state index >= 15 is 0 Å². The molecular weight excluding hydrogens is 240 g/mol. The third-order valence-corrected chi connectivity index (χ3v) is 2.88. The summed E-state index contributed by atoms with van der Waals surface area (Å²) < 4.78 is 1.69. The lowest BCUT2D eigenvalue weighted by molar-refractivity contribution is 0.101. The second-order valence-electron chi connectivity index (χ2n) is 4.34. The zero-order chi connectivity index (χ0) is 13.8. The number of hydrogen-bond acceptors (Lipinski definition) is 3. The van der Waals surface area contributed by atoms with Crippen LogP contribution in [-0.2, 0) is 13.1 Å². The largest absolute Gasteiger partial charge is 0.326 e. The second-order valence-corrected chi connectivity index (χ2v) is 4.34. The molecule has 0 radical (unpaired) electrons. The maximum absolute atomic E-state index is 12.2. The monoisotopic (exact) mass is 258 g/mol. The van der Waals surface area contributed by atoms with Crippen molar-refractivity contribution in [2.45, 2.75) is 26.9 Å². The molecule has 0 aliphatic heterocycles. The minimum absolute atomic E-state index is 0.150. The van der Waals surface area contributed by atoms with Crippen LogP contribution in [0.1, 0.15) is 28.7 Å². The van der Waals surface area contributed by atoms with Gasteiger partial charge in [0.05, 0.1) is 5.69 Å². The summed E-state index contributed by atoms with van der Waals surface area (Å²) in [6.07, 6.45) is 0. The van der Waals surface area contributed by atoms with Crippen LogP contribution in [0.15, 0.2) is 30.3 Å². The van der Waals surface area contributed by atoms with E-state index in [0.717, 1.165) is 16.9 Å². The van der Waals surface area contributed by atoms with Gasteiger partial charge in [0.25, 0.3) is 5.91 Å². The number of anilines is 1. The van der Waals surface area contributed by atoms with Crippen LogP contribution >= 0.6 is 0 Å². The second kappa shape index (κ2) is 5.67. The van der Waals surface area contributed by atoms with Crippen LogP contribution in [0.4, 0.5) is 5.69 Å². The van der Waals surface area contributed by atoms with Crippen molar-refractivity contribution >= 4 is 11.6 Å². The number of nitrogens with one attached hydrogen (secondary N) is 1. The number of aromatic nitrogens is 2. The van der Waals surface area contributed by atoms with Gasteiger partial charge in [-0.2, -0.15) is 5.10 Å². The molecule has 1 aromatic heterocycles. The van der Waals surface area contributed by atoms with Crippen molar-refractivity contribution in [3.05, 3.63) is 47.3 Å². The first-order valence-corrected chi connectivity index (χ1v) is 6.29. The van der Waals surface area contributed by atoms with Crippen LogP contribution in [-0.4, -0.2) is 15.7 Å². The van der Waals surface area contributed by atoms with Crippen LogP contribution in [0, 0.1) is 6.92 Å². The smallest absolute Gasteiger partial charge is 0.273 e. The molecule has 1 heterocycles. The first-order chi connectivity index (χ1) is 9.13. The van der Waals surface area contributed by atoms with Gasteiger partial charge in [0.2, 0.25) is 0 Å². The third kappa shape index (κ3) is 3.00. The molecule has 0 bridgehead atoms. The topological polar surface area (TPSA) is 72.9 Å². The highest BCUT2D eigenvalue weighted by atomic mass is 16.2. The Bertz CT molecular complexity index is 572. The van der Waals surface area contributed by atoms with Gasteiger partial charge in [-0.3, -0.25) is 9.48 Å². The standard InChI is InChI=1S/C14H18N4O/c1-3-18-13(8-10(2)17-18)14(19)16-12-6-4-11(9-15)5-7-12/h4-8H,3,9,15H2,1-2H3,(H,16,19). The number of amides is 1. The molecule has 2 rings (SSSR count). The van der Waals surface area contributed by atoms with Gasteiger partial charge in [-0.25, -0.2) is 0 Å². The fourth-order valence-electron chi connectivity index (χ4n) is 1.89. The van der Waals surface area contributed by atoms with Crippen LogP contribution < -0.4 is 11.1 Å². The SMILES string of the molecule is CCn1nc(C)cc1C(=O)Nc1ccc(CN)cc1. The quantitative estimate of drug-likeness (QED) is 0.880. The van der Waals surface area contributed by atoms with E-state index in [1.54, 1.807) is 10.7 Å². The molecule has 0 atom stereocenters. The maximum Gasteiger partial charge on any atom is 0.273 e. The van der Waals surface area contributed by atoms with Crippen LogP contribution in [0.3, 0.4) is 0 Å². The molecule has 5 heteroatoms. The Labute approximate surface area is 112 Å². The predicted octanol–water partition coefficient (Wildman–Crippen LogP) is 1.92. The van der Waals surface area contributed by atoms with Crippen molar-refractivity contribution in [1.29, 1.82) is 0 Å². The highest BCUT2D eigenvalue weighted by molar-refractivity contribution is 6.03. The Hall–Kier alpha value is -2.14. The van der Waals surface area contributed by atoms with Crippen molar-refractivity contribution in [3.63, 3.8) is 0 Å². The van der Waals surface area contributed by atoms with Gasteiger partial charge in [0.15, 0.2) is 0 Å². The molecule has 2 aromatic rings. The third-order valence-electron chi connectivity index (χ3n) is 2.88. The number of aryl methyl sites for hydroxylation is 2. The first-order valence-electron chi connectivity index (χ1n) is 6.29. The van der Waals surface area contributed by atoms with Gasteiger partial charge in [0.1, 0.15) is 5.69 Å². The summed E-state index contributed by atoms with van der Waals surface area (Å²) >= 11 is 0. The molecule has 0 unspecified atom stereocenters. The lowest BCUT2D eigenvalue weighted by Crippen LogP contribution is -2.17. The minimum Gasteiger partial charge on any atom is -0.326 e. The van der Waals surface area contributed by atoms with E-state index < -0.39 is 0 Å². The lowest BCUT2D eigenvalue weighted by Gasteiger charge is -2.07. The molecule has 5 nitrogen and oxygen atoms in total. The van der Waals surface area contributed by atoms with E-state index in [0.29, 0.717) is 18.8 Å². The fourth-order valence-corrected chi connectivity index (χ4v) is 1.89. The lowest BCUT2D eigenvalue weighted by atomic mass is 10.2. The number of carbonyl (C=O) groups excluding carboxylic acids is 1. The summed E-state index contributed by atoms with van der Waals surface area (Å²) in [5.74, 6) is -0.150. The van der Waals surface area contributed by atoms with Gasteiger partial charge in [-0.15, -0.1) is 0 Å². The van der Waals surface area contributed by atoms with E-state index in [1.165, 1.54) is 0 Å². The van der Waals surface area contributed by atoms with E-state index in [4.69, 9.17) is 5.73 Å². The summed E-state index contributed by atoms with van der Waals surface area (Å²) in [5, 5.41) is 7.12. The average molecular weight is 258 g/mol. The Kier molecular flexibility index (Phi) is 3.97. The van der Waals surface area contributed by atoms with Crippen molar-refractivity contribution < 1.29 is 4.79 Å². The van der Waals surface area contributed by atoms with E-state index in [1.807, 2.05) is 38.1 Å².